The summed E-state index contributed by atoms with van der Waals surface area (Å²) >= 11 is 6.00. The second-order valence-corrected chi connectivity index (χ2v) is 4.68. The van der Waals surface area contributed by atoms with E-state index in [0.29, 0.717) is 11.6 Å². The highest BCUT2D eigenvalue weighted by Gasteiger charge is 2.13. The van der Waals surface area contributed by atoms with Crippen LogP contribution in [0.2, 0.25) is 5.02 Å². The summed E-state index contributed by atoms with van der Waals surface area (Å²) in [5.41, 5.74) is 0.965. The molecule has 0 radical (unpaired) electrons. The minimum absolute atomic E-state index is 0.241. The second-order valence-electron chi connectivity index (χ2n) is 4.24. The van der Waals surface area contributed by atoms with Crippen LogP contribution in [0.3, 0.4) is 0 Å². The minimum Gasteiger partial charge on any atom is -0.496 e. The Morgan fingerprint density at radius 1 is 1.37 bits per heavy atom. The van der Waals surface area contributed by atoms with E-state index < -0.39 is 0 Å². The standard InChI is InChI=1S/C14H20ClNO3/c1-4-7-16(10-14(17)19-3)9-11-8-12(15)5-6-13(11)18-2/h5-6,8H,4,7,9-10H2,1-3H3. The van der Waals surface area contributed by atoms with Crippen molar-refractivity contribution < 1.29 is 14.3 Å². The van der Waals surface area contributed by atoms with Crippen molar-refractivity contribution in [2.45, 2.75) is 19.9 Å². The van der Waals surface area contributed by atoms with Crippen molar-refractivity contribution in [1.82, 2.24) is 4.90 Å². The van der Waals surface area contributed by atoms with Gasteiger partial charge in [-0.3, -0.25) is 9.69 Å². The van der Waals surface area contributed by atoms with Crippen molar-refractivity contribution in [3.63, 3.8) is 0 Å². The number of rotatable bonds is 7. The summed E-state index contributed by atoms with van der Waals surface area (Å²) in [6, 6.07) is 5.48. The molecule has 106 valence electrons. The molecule has 0 fully saturated rings. The molecule has 0 bridgehead atoms. The maximum Gasteiger partial charge on any atom is 0.319 e. The number of nitrogens with zero attached hydrogens (tertiary/aromatic N) is 1. The molecule has 4 nitrogen and oxygen atoms in total. The Morgan fingerprint density at radius 2 is 2.11 bits per heavy atom. The van der Waals surface area contributed by atoms with Crippen molar-refractivity contribution in [2.24, 2.45) is 0 Å². The van der Waals surface area contributed by atoms with E-state index in [0.717, 1.165) is 24.3 Å². The van der Waals surface area contributed by atoms with Gasteiger partial charge in [-0.2, -0.15) is 0 Å². The number of carbonyl (C=O) groups is 1. The average Bonchev–Trinajstić information content (AvgIpc) is 2.39. The fraction of sp³-hybridized carbons (Fsp3) is 0.500. The third-order valence-corrected chi connectivity index (χ3v) is 2.99. The number of benzene rings is 1. The molecule has 0 saturated carbocycles. The molecular formula is C14H20ClNO3. The molecule has 0 amide bonds. The van der Waals surface area contributed by atoms with Crippen LogP contribution >= 0.6 is 11.6 Å². The molecule has 0 unspecified atom stereocenters. The molecule has 0 N–H and O–H groups in total. The highest BCUT2D eigenvalue weighted by atomic mass is 35.5. The number of ether oxygens (including phenoxy) is 2. The zero-order valence-corrected chi connectivity index (χ0v) is 12.4. The molecule has 1 aromatic carbocycles. The summed E-state index contributed by atoms with van der Waals surface area (Å²) in [6.07, 6.45) is 0.958. The van der Waals surface area contributed by atoms with E-state index in [9.17, 15) is 4.79 Å². The fourth-order valence-corrected chi connectivity index (χ4v) is 2.08. The topological polar surface area (TPSA) is 38.8 Å². The zero-order valence-electron chi connectivity index (χ0n) is 11.6. The number of methoxy groups -OCH3 is 2. The smallest absolute Gasteiger partial charge is 0.319 e. The minimum atomic E-state index is -0.241. The number of halogens is 1. The van der Waals surface area contributed by atoms with Gasteiger partial charge < -0.3 is 9.47 Å². The van der Waals surface area contributed by atoms with E-state index in [1.54, 1.807) is 13.2 Å². The molecule has 0 atom stereocenters. The van der Waals surface area contributed by atoms with Gasteiger partial charge in [0.1, 0.15) is 5.75 Å². The van der Waals surface area contributed by atoms with Crippen LogP contribution in [0.4, 0.5) is 0 Å². The van der Waals surface area contributed by atoms with Crippen LogP contribution in [0.1, 0.15) is 18.9 Å². The van der Waals surface area contributed by atoms with Crippen molar-refractivity contribution in [2.75, 3.05) is 27.3 Å². The molecule has 1 rings (SSSR count). The van der Waals surface area contributed by atoms with Gasteiger partial charge in [0.25, 0.3) is 0 Å². The molecule has 19 heavy (non-hydrogen) atoms. The Bertz CT molecular complexity index is 423. The average molecular weight is 286 g/mol. The molecule has 0 aliphatic heterocycles. The molecule has 0 aromatic heterocycles. The van der Waals surface area contributed by atoms with Gasteiger partial charge in [0.05, 0.1) is 20.8 Å². The van der Waals surface area contributed by atoms with Gasteiger partial charge in [-0.15, -0.1) is 0 Å². The van der Waals surface area contributed by atoms with Crippen molar-refractivity contribution in [3.8, 4) is 5.75 Å². The van der Waals surface area contributed by atoms with Crippen LogP contribution in [-0.4, -0.2) is 38.2 Å². The maximum absolute atomic E-state index is 11.4. The molecule has 0 aliphatic carbocycles. The highest BCUT2D eigenvalue weighted by molar-refractivity contribution is 6.30. The highest BCUT2D eigenvalue weighted by Crippen LogP contribution is 2.24. The Kier molecular flexibility index (Phi) is 6.67. The Hall–Kier alpha value is -1.26. The summed E-state index contributed by atoms with van der Waals surface area (Å²) in [4.78, 5) is 13.4. The lowest BCUT2D eigenvalue weighted by Gasteiger charge is -2.21. The lowest BCUT2D eigenvalue weighted by molar-refractivity contribution is -0.142. The number of esters is 1. The Labute approximate surface area is 119 Å². The third-order valence-electron chi connectivity index (χ3n) is 2.76. The first-order valence-corrected chi connectivity index (χ1v) is 6.60. The van der Waals surface area contributed by atoms with Gasteiger partial charge in [-0.25, -0.2) is 0 Å². The fourth-order valence-electron chi connectivity index (χ4n) is 1.89. The summed E-state index contributed by atoms with van der Waals surface area (Å²) in [6.45, 7) is 3.75. The van der Waals surface area contributed by atoms with Crippen molar-refractivity contribution in [1.29, 1.82) is 0 Å². The number of hydrogen-bond acceptors (Lipinski definition) is 4. The van der Waals surface area contributed by atoms with Crippen LogP contribution in [-0.2, 0) is 16.1 Å². The lowest BCUT2D eigenvalue weighted by Crippen LogP contribution is -2.31. The van der Waals surface area contributed by atoms with E-state index in [1.165, 1.54) is 7.11 Å². The first kappa shape index (κ1) is 15.8. The largest absolute Gasteiger partial charge is 0.496 e. The predicted octanol–water partition coefficient (Wildman–Crippen LogP) is 2.73. The van der Waals surface area contributed by atoms with E-state index in [-0.39, 0.29) is 12.5 Å². The van der Waals surface area contributed by atoms with Gasteiger partial charge in [-0.05, 0) is 31.2 Å². The Morgan fingerprint density at radius 3 is 2.68 bits per heavy atom. The summed E-state index contributed by atoms with van der Waals surface area (Å²) < 4.78 is 10.0. The van der Waals surface area contributed by atoms with Crippen LogP contribution in [0.15, 0.2) is 18.2 Å². The lowest BCUT2D eigenvalue weighted by atomic mass is 10.2. The molecule has 5 heteroatoms. The van der Waals surface area contributed by atoms with Crippen molar-refractivity contribution in [3.05, 3.63) is 28.8 Å². The third kappa shape index (κ3) is 5.09. The maximum atomic E-state index is 11.4. The van der Waals surface area contributed by atoms with E-state index in [2.05, 4.69) is 6.92 Å². The van der Waals surface area contributed by atoms with Crippen LogP contribution < -0.4 is 4.74 Å². The molecule has 0 spiro atoms. The van der Waals surface area contributed by atoms with Gasteiger partial charge in [0, 0.05) is 17.1 Å². The van der Waals surface area contributed by atoms with Crippen LogP contribution in [0.25, 0.3) is 0 Å². The van der Waals surface area contributed by atoms with E-state index in [1.807, 2.05) is 17.0 Å². The molecule has 0 heterocycles. The zero-order chi connectivity index (χ0) is 14.3. The van der Waals surface area contributed by atoms with Crippen LogP contribution in [0, 0.1) is 0 Å². The van der Waals surface area contributed by atoms with Gasteiger partial charge in [-0.1, -0.05) is 18.5 Å². The van der Waals surface area contributed by atoms with Gasteiger partial charge >= 0.3 is 5.97 Å². The molecule has 0 saturated heterocycles. The number of carbonyl (C=O) groups excluding carboxylic acids is 1. The van der Waals surface area contributed by atoms with Gasteiger partial charge in [0.2, 0.25) is 0 Å². The summed E-state index contributed by atoms with van der Waals surface area (Å²) in [5.74, 6) is 0.532. The predicted molar refractivity (Wildman–Crippen MR) is 75.6 cm³/mol. The number of hydrogen-bond donors (Lipinski definition) is 0. The first-order valence-electron chi connectivity index (χ1n) is 6.22. The summed E-state index contributed by atoms with van der Waals surface area (Å²) in [7, 11) is 3.02. The quantitative estimate of drug-likeness (QED) is 0.722. The normalized spacial score (nSPS) is 10.6. The van der Waals surface area contributed by atoms with Crippen LogP contribution in [0.5, 0.6) is 5.75 Å². The van der Waals surface area contributed by atoms with E-state index in [4.69, 9.17) is 21.1 Å². The van der Waals surface area contributed by atoms with Gasteiger partial charge in [0.15, 0.2) is 0 Å². The first-order chi connectivity index (χ1) is 9.10. The SMILES string of the molecule is CCCN(CC(=O)OC)Cc1cc(Cl)ccc1OC. The van der Waals surface area contributed by atoms with Crippen molar-refractivity contribution >= 4 is 17.6 Å². The molecular weight excluding hydrogens is 266 g/mol. The van der Waals surface area contributed by atoms with E-state index >= 15 is 0 Å². The molecule has 0 aliphatic rings. The second kappa shape index (κ2) is 8.02. The Balaban J connectivity index is 2.82. The molecule has 1 aromatic rings. The monoisotopic (exact) mass is 285 g/mol. The summed E-state index contributed by atoms with van der Waals surface area (Å²) in [5, 5.41) is 0.658.